The fourth-order valence-electron chi connectivity index (χ4n) is 2.18. The third-order valence-electron chi connectivity index (χ3n) is 3.42. The number of aryl methyl sites for hydroxylation is 1. The van der Waals surface area contributed by atoms with E-state index in [9.17, 15) is 0 Å². The highest BCUT2D eigenvalue weighted by Gasteiger charge is 2.14. The van der Waals surface area contributed by atoms with Gasteiger partial charge in [0.25, 0.3) is 0 Å². The Morgan fingerprint density at radius 3 is 2.81 bits per heavy atom. The Bertz CT molecular complexity index is 839. The zero-order valence-electron chi connectivity index (χ0n) is 11.7. The first kappa shape index (κ1) is 13.9. The number of nitrogens with two attached hydrogens (primary N) is 1. The highest BCUT2D eigenvalue weighted by atomic mass is 32.1. The summed E-state index contributed by atoms with van der Waals surface area (Å²) in [6.07, 6.45) is 0. The SMILES string of the molecule is Cc1nnc(Nc2ccc3sccc3c2)c(C(N)=S)c1C. The van der Waals surface area contributed by atoms with Crippen molar-refractivity contribution in [2.75, 3.05) is 5.32 Å². The van der Waals surface area contributed by atoms with Crippen LogP contribution in [-0.4, -0.2) is 15.2 Å². The normalized spacial score (nSPS) is 10.8. The van der Waals surface area contributed by atoms with Gasteiger partial charge in [0.15, 0.2) is 5.82 Å². The largest absolute Gasteiger partial charge is 0.389 e. The average Bonchev–Trinajstić information content (AvgIpc) is 2.90. The molecule has 1 aromatic carbocycles. The highest BCUT2D eigenvalue weighted by Crippen LogP contribution is 2.27. The summed E-state index contributed by atoms with van der Waals surface area (Å²) in [5.41, 5.74) is 9.32. The molecule has 0 fully saturated rings. The molecule has 3 aromatic rings. The predicted molar refractivity (Wildman–Crippen MR) is 92.5 cm³/mol. The van der Waals surface area contributed by atoms with Crippen molar-refractivity contribution in [1.82, 2.24) is 10.2 Å². The van der Waals surface area contributed by atoms with Gasteiger partial charge in [-0.1, -0.05) is 12.2 Å². The quantitative estimate of drug-likeness (QED) is 0.722. The fraction of sp³-hybridized carbons (Fsp3) is 0.133. The Morgan fingerprint density at radius 1 is 1.24 bits per heavy atom. The Morgan fingerprint density at radius 2 is 2.05 bits per heavy atom. The molecule has 6 heteroatoms. The van der Waals surface area contributed by atoms with Crippen LogP contribution in [0.3, 0.4) is 0 Å². The maximum atomic E-state index is 5.84. The number of nitrogens with one attached hydrogen (secondary N) is 1. The van der Waals surface area contributed by atoms with Crippen molar-refractivity contribution in [3.05, 3.63) is 46.5 Å². The second kappa shape index (κ2) is 5.38. The molecule has 2 heterocycles. The molecule has 0 bridgehead atoms. The van der Waals surface area contributed by atoms with Gasteiger partial charge < -0.3 is 11.1 Å². The lowest BCUT2D eigenvalue weighted by molar-refractivity contribution is 0.963. The molecule has 0 unspecified atom stereocenters. The van der Waals surface area contributed by atoms with Gasteiger partial charge in [-0.05, 0) is 54.4 Å². The van der Waals surface area contributed by atoms with Crippen LogP contribution < -0.4 is 11.1 Å². The molecule has 3 rings (SSSR count). The van der Waals surface area contributed by atoms with Crippen molar-refractivity contribution in [2.45, 2.75) is 13.8 Å². The molecule has 0 aliphatic carbocycles. The summed E-state index contributed by atoms with van der Waals surface area (Å²) in [4.78, 5) is 0.324. The third-order valence-corrected chi connectivity index (χ3v) is 4.52. The number of fused-ring (bicyclic) bond motifs is 1. The Balaban J connectivity index is 2.04. The first-order valence-corrected chi connectivity index (χ1v) is 7.73. The lowest BCUT2D eigenvalue weighted by Crippen LogP contribution is -2.16. The Hall–Kier alpha value is -2.05. The number of hydrogen-bond acceptors (Lipinski definition) is 5. The zero-order chi connectivity index (χ0) is 15.0. The molecule has 4 nitrogen and oxygen atoms in total. The minimum Gasteiger partial charge on any atom is -0.389 e. The van der Waals surface area contributed by atoms with Gasteiger partial charge in [0.2, 0.25) is 0 Å². The first-order chi connectivity index (χ1) is 10.1. The molecule has 3 N–H and O–H groups in total. The van der Waals surface area contributed by atoms with Crippen LogP contribution in [-0.2, 0) is 0 Å². The molecule has 0 spiro atoms. The summed E-state index contributed by atoms with van der Waals surface area (Å²) >= 11 is 6.87. The van der Waals surface area contributed by atoms with Crippen LogP contribution in [0.25, 0.3) is 10.1 Å². The maximum absolute atomic E-state index is 5.84. The minimum absolute atomic E-state index is 0.324. The van der Waals surface area contributed by atoms with Crippen molar-refractivity contribution in [3.63, 3.8) is 0 Å². The molecule has 2 aromatic heterocycles. The number of aromatic nitrogens is 2. The van der Waals surface area contributed by atoms with Crippen LogP contribution in [0.1, 0.15) is 16.8 Å². The number of benzene rings is 1. The van der Waals surface area contributed by atoms with E-state index < -0.39 is 0 Å². The van der Waals surface area contributed by atoms with E-state index in [0.717, 1.165) is 22.5 Å². The van der Waals surface area contributed by atoms with E-state index in [1.807, 2.05) is 19.9 Å². The van der Waals surface area contributed by atoms with Crippen molar-refractivity contribution in [3.8, 4) is 0 Å². The van der Waals surface area contributed by atoms with Crippen LogP contribution in [0.15, 0.2) is 29.6 Å². The molecule has 0 radical (unpaired) electrons. The molecule has 21 heavy (non-hydrogen) atoms. The third kappa shape index (κ3) is 2.59. The number of nitrogens with zero attached hydrogens (tertiary/aromatic N) is 2. The van der Waals surface area contributed by atoms with Gasteiger partial charge in [-0.2, -0.15) is 5.10 Å². The van der Waals surface area contributed by atoms with E-state index in [2.05, 4.69) is 39.1 Å². The second-order valence-electron chi connectivity index (χ2n) is 4.80. The monoisotopic (exact) mass is 314 g/mol. The highest BCUT2D eigenvalue weighted by molar-refractivity contribution is 7.80. The number of anilines is 2. The standard InChI is InChI=1S/C15H14N4S2/c1-8-9(2)18-19-15(13(8)14(16)20)17-11-3-4-12-10(7-11)5-6-21-12/h3-7H,1-2H3,(H2,16,20)(H,17,19). The van der Waals surface area contributed by atoms with Gasteiger partial charge in [0, 0.05) is 10.4 Å². The van der Waals surface area contributed by atoms with E-state index >= 15 is 0 Å². The molecule has 0 saturated carbocycles. The number of hydrogen-bond donors (Lipinski definition) is 2. The lowest BCUT2D eigenvalue weighted by Gasteiger charge is -2.13. The van der Waals surface area contributed by atoms with E-state index in [0.29, 0.717) is 10.8 Å². The summed E-state index contributed by atoms with van der Waals surface area (Å²) in [5, 5.41) is 14.9. The van der Waals surface area contributed by atoms with Crippen molar-refractivity contribution < 1.29 is 0 Å². The van der Waals surface area contributed by atoms with Crippen LogP contribution in [0.2, 0.25) is 0 Å². The summed E-state index contributed by atoms with van der Waals surface area (Å²) < 4.78 is 1.25. The van der Waals surface area contributed by atoms with Crippen LogP contribution in [0.5, 0.6) is 0 Å². The van der Waals surface area contributed by atoms with Crippen LogP contribution in [0.4, 0.5) is 11.5 Å². The summed E-state index contributed by atoms with van der Waals surface area (Å²) in [5.74, 6) is 0.597. The Kier molecular flexibility index (Phi) is 3.57. The second-order valence-corrected chi connectivity index (χ2v) is 6.18. The number of thiocarbonyl (C=S) groups is 1. The smallest absolute Gasteiger partial charge is 0.163 e. The summed E-state index contributed by atoms with van der Waals surface area (Å²) in [6, 6.07) is 8.26. The Labute approximate surface area is 132 Å². The van der Waals surface area contributed by atoms with Gasteiger partial charge in [0.05, 0.1) is 11.3 Å². The van der Waals surface area contributed by atoms with E-state index in [1.54, 1.807) is 11.3 Å². The molecular formula is C15H14N4S2. The average molecular weight is 314 g/mol. The molecule has 0 atom stereocenters. The number of thiophene rings is 1. The van der Waals surface area contributed by atoms with E-state index in [-0.39, 0.29) is 0 Å². The lowest BCUT2D eigenvalue weighted by atomic mass is 10.1. The number of rotatable bonds is 3. The molecule has 0 aliphatic rings. The van der Waals surface area contributed by atoms with Gasteiger partial charge in [-0.3, -0.25) is 0 Å². The molecular weight excluding hydrogens is 300 g/mol. The zero-order valence-corrected chi connectivity index (χ0v) is 13.3. The maximum Gasteiger partial charge on any atom is 0.163 e. The van der Waals surface area contributed by atoms with Crippen LogP contribution >= 0.6 is 23.6 Å². The predicted octanol–water partition coefficient (Wildman–Crippen LogP) is 3.69. The van der Waals surface area contributed by atoms with Gasteiger partial charge >= 0.3 is 0 Å². The molecule has 0 aliphatic heterocycles. The van der Waals surface area contributed by atoms with E-state index in [4.69, 9.17) is 18.0 Å². The first-order valence-electron chi connectivity index (χ1n) is 6.44. The molecule has 0 saturated heterocycles. The molecule has 0 amide bonds. The minimum atomic E-state index is 0.324. The van der Waals surface area contributed by atoms with Crippen molar-refractivity contribution in [2.24, 2.45) is 5.73 Å². The van der Waals surface area contributed by atoms with Gasteiger partial charge in [0.1, 0.15) is 4.99 Å². The summed E-state index contributed by atoms with van der Waals surface area (Å²) in [7, 11) is 0. The van der Waals surface area contributed by atoms with Crippen molar-refractivity contribution >= 4 is 50.1 Å². The topological polar surface area (TPSA) is 63.8 Å². The summed E-state index contributed by atoms with van der Waals surface area (Å²) in [6.45, 7) is 3.84. The fourth-order valence-corrected chi connectivity index (χ4v) is 3.20. The molecule has 106 valence electrons. The van der Waals surface area contributed by atoms with Crippen molar-refractivity contribution in [1.29, 1.82) is 0 Å². The van der Waals surface area contributed by atoms with Gasteiger partial charge in [-0.25, -0.2) is 0 Å². The van der Waals surface area contributed by atoms with Crippen LogP contribution in [0, 0.1) is 13.8 Å². The van der Waals surface area contributed by atoms with Gasteiger partial charge in [-0.15, -0.1) is 16.4 Å². The van der Waals surface area contributed by atoms with E-state index in [1.165, 1.54) is 10.1 Å².